The van der Waals surface area contributed by atoms with Crippen LogP contribution in [0.2, 0.25) is 0 Å². The zero-order chi connectivity index (χ0) is 19.6. The average Bonchev–Trinajstić information content (AvgIpc) is 2.57. The zero-order valence-electron chi connectivity index (χ0n) is 16.5. The number of hydrogen-bond donors (Lipinski definition) is 3. The van der Waals surface area contributed by atoms with Crippen LogP contribution in [0, 0.1) is 5.41 Å². The molecule has 148 valence electrons. The normalized spacial score (nSPS) is 12.9. The molecule has 0 saturated carbocycles. The second-order valence-corrected chi connectivity index (χ2v) is 8.92. The number of nitrogens with two attached hydrogens (primary N) is 1. The number of rotatable bonds is 10. The summed E-state index contributed by atoms with van der Waals surface area (Å²) < 4.78 is 22.6. The largest absolute Gasteiger partial charge is 0.357 e. The first-order chi connectivity index (χ1) is 12.2. The van der Waals surface area contributed by atoms with Crippen molar-refractivity contribution in [3.63, 3.8) is 0 Å². The molecule has 0 aliphatic rings. The highest BCUT2D eigenvalue weighted by Crippen LogP contribution is 2.22. The zero-order valence-corrected chi connectivity index (χ0v) is 17.3. The number of aliphatic imine (C=N–C) groups is 1. The summed E-state index contributed by atoms with van der Waals surface area (Å²) in [4.78, 5) is 4.70. The first-order valence-corrected chi connectivity index (χ1v) is 10.9. The average molecular weight is 383 g/mol. The second-order valence-electron chi connectivity index (χ2n) is 7.36. The molecule has 1 aromatic rings. The standard InChI is InChI=1S/C19H34N4O2S/c1-5-7-8-13-19(3,4)15-23-18(21-6-2)22-14-16-9-11-17(12-10-16)26(20,24)25/h9-12H,5-8,13-15H2,1-4H3,(H2,20,24,25)(H2,21,22,23). The van der Waals surface area contributed by atoms with E-state index in [4.69, 9.17) is 5.14 Å². The number of benzene rings is 1. The number of guanidine groups is 1. The third-order valence-corrected chi connectivity index (χ3v) is 5.14. The van der Waals surface area contributed by atoms with Crippen molar-refractivity contribution >= 4 is 16.0 Å². The fraction of sp³-hybridized carbons (Fsp3) is 0.632. The fourth-order valence-corrected chi connectivity index (χ4v) is 3.08. The number of unbranched alkanes of at least 4 members (excludes halogenated alkanes) is 2. The van der Waals surface area contributed by atoms with Crippen molar-refractivity contribution in [2.75, 3.05) is 13.1 Å². The van der Waals surface area contributed by atoms with E-state index in [-0.39, 0.29) is 10.3 Å². The fourth-order valence-electron chi connectivity index (χ4n) is 2.56. The van der Waals surface area contributed by atoms with Gasteiger partial charge in [0.15, 0.2) is 5.96 Å². The van der Waals surface area contributed by atoms with E-state index in [1.807, 2.05) is 6.92 Å². The summed E-state index contributed by atoms with van der Waals surface area (Å²) in [5, 5.41) is 11.8. The molecule has 0 unspecified atom stereocenters. The lowest BCUT2D eigenvalue weighted by Gasteiger charge is -2.26. The van der Waals surface area contributed by atoms with Gasteiger partial charge in [0, 0.05) is 13.1 Å². The van der Waals surface area contributed by atoms with Crippen molar-refractivity contribution in [1.82, 2.24) is 10.6 Å². The van der Waals surface area contributed by atoms with Crippen LogP contribution in [0.5, 0.6) is 0 Å². The highest BCUT2D eigenvalue weighted by molar-refractivity contribution is 7.89. The van der Waals surface area contributed by atoms with Crippen molar-refractivity contribution in [2.24, 2.45) is 15.5 Å². The number of hydrogen-bond acceptors (Lipinski definition) is 3. The van der Waals surface area contributed by atoms with Gasteiger partial charge < -0.3 is 10.6 Å². The summed E-state index contributed by atoms with van der Waals surface area (Å²) in [6, 6.07) is 6.50. The van der Waals surface area contributed by atoms with Crippen LogP contribution in [0.4, 0.5) is 0 Å². The molecule has 0 amide bonds. The highest BCUT2D eigenvalue weighted by atomic mass is 32.2. The topological polar surface area (TPSA) is 96.6 Å². The third kappa shape index (κ3) is 8.67. The minimum absolute atomic E-state index is 0.115. The lowest BCUT2D eigenvalue weighted by atomic mass is 9.87. The van der Waals surface area contributed by atoms with Crippen LogP contribution < -0.4 is 15.8 Å². The third-order valence-electron chi connectivity index (χ3n) is 4.21. The monoisotopic (exact) mass is 382 g/mol. The van der Waals surface area contributed by atoms with Gasteiger partial charge in [-0.1, -0.05) is 52.2 Å². The molecule has 0 saturated heterocycles. The predicted molar refractivity (Wildman–Crippen MR) is 109 cm³/mol. The first kappa shape index (κ1) is 22.4. The van der Waals surface area contributed by atoms with Gasteiger partial charge in [-0.15, -0.1) is 0 Å². The molecule has 0 heterocycles. The van der Waals surface area contributed by atoms with E-state index in [1.165, 1.54) is 37.8 Å². The van der Waals surface area contributed by atoms with E-state index in [1.54, 1.807) is 12.1 Å². The van der Waals surface area contributed by atoms with Crippen molar-refractivity contribution in [3.05, 3.63) is 29.8 Å². The molecule has 4 N–H and O–H groups in total. The molecule has 7 heteroatoms. The van der Waals surface area contributed by atoms with Crippen molar-refractivity contribution in [1.29, 1.82) is 0 Å². The summed E-state index contributed by atoms with van der Waals surface area (Å²) in [5.74, 6) is 0.770. The molecule has 1 aromatic carbocycles. The van der Waals surface area contributed by atoms with E-state index in [0.717, 1.165) is 24.6 Å². The van der Waals surface area contributed by atoms with Crippen LogP contribution in [0.1, 0.15) is 58.9 Å². The van der Waals surface area contributed by atoms with Gasteiger partial charge in [0.1, 0.15) is 0 Å². The number of sulfonamides is 1. The Kier molecular flexibility index (Phi) is 9.08. The summed E-state index contributed by atoms with van der Waals surface area (Å²) in [5.41, 5.74) is 1.14. The minimum Gasteiger partial charge on any atom is -0.357 e. The molecule has 1 rings (SSSR count). The molecule has 0 spiro atoms. The maximum atomic E-state index is 11.3. The van der Waals surface area contributed by atoms with E-state index < -0.39 is 10.0 Å². The Balaban J connectivity index is 2.65. The van der Waals surface area contributed by atoms with Gasteiger partial charge in [-0.05, 0) is 36.5 Å². The summed E-state index contributed by atoms with van der Waals surface area (Å²) in [6.07, 6.45) is 4.93. The Hall–Kier alpha value is -1.60. The van der Waals surface area contributed by atoms with E-state index >= 15 is 0 Å². The predicted octanol–water partition coefficient (Wildman–Crippen LogP) is 3.00. The van der Waals surface area contributed by atoms with Gasteiger partial charge in [0.2, 0.25) is 10.0 Å². The van der Waals surface area contributed by atoms with Crippen LogP contribution in [-0.2, 0) is 16.6 Å². The SMILES string of the molecule is CCCCCC(C)(C)CNC(=NCc1ccc(S(N)(=O)=O)cc1)NCC. The smallest absolute Gasteiger partial charge is 0.238 e. The van der Waals surface area contributed by atoms with Crippen LogP contribution in [-0.4, -0.2) is 27.5 Å². The van der Waals surface area contributed by atoms with Gasteiger partial charge in [-0.3, -0.25) is 0 Å². The van der Waals surface area contributed by atoms with Gasteiger partial charge in [0.25, 0.3) is 0 Å². The lowest BCUT2D eigenvalue weighted by Crippen LogP contribution is -2.42. The molecule has 0 radical (unpaired) electrons. The molecule has 26 heavy (non-hydrogen) atoms. The maximum absolute atomic E-state index is 11.3. The van der Waals surface area contributed by atoms with Crippen LogP contribution in [0.3, 0.4) is 0 Å². The van der Waals surface area contributed by atoms with E-state index in [0.29, 0.717) is 6.54 Å². The number of nitrogens with one attached hydrogen (secondary N) is 2. The number of nitrogens with zero attached hydrogens (tertiary/aromatic N) is 1. The molecular formula is C19H34N4O2S. The Morgan fingerprint density at radius 1 is 1.12 bits per heavy atom. The Morgan fingerprint density at radius 3 is 2.31 bits per heavy atom. The molecule has 0 atom stereocenters. The molecule has 0 aliphatic heterocycles. The molecular weight excluding hydrogens is 348 g/mol. The van der Waals surface area contributed by atoms with Gasteiger partial charge in [0.05, 0.1) is 11.4 Å². The Labute approximate surface area is 158 Å². The quantitative estimate of drug-likeness (QED) is 0.329. The maximum Gasteiger partial charge on any atom is 0.238 e. The Morgan fingerprint density at radius 2 is 1.77 bits per heavy atom. The van der Waals surface area contributed by atoms with Crippen molar-refractivity contribution in [3.8, 4) is 0 Å². The van der Waals surface area contributed by atoms with Crippen molar-refractivity contribution < 1.29 is 8.42 Å². The molecule has 6 nitrogen and oxygen atoms in total. The van der Waals surface area contributed by atoms with Crippen LogP contribution in [0.15, 0.2) is 34.2 Å². The highest BCUT2D eigenvalue weighted by Gasteiger charge is 2.17. The van der Waals surface area contributed by atoms with Crippen LogP contribution in [0.25, 0.3) is 0 Å². The molecule has 0 aromatic heterocycles. The van der Waals surface area contributed by atoms with Crippen molar-refractivity contribution in [2.45, 2.75) is 64.8 Å². The minimum atomic E-state index is -3.65. The Bertz CT molecular complexity index is 667. The first-order valence-electron chi connectivity index (χ1n) is 9.32. The van der Waals surface area contributed by atoms with Gasteiger partial charge in [-0.2, -0.15) is 0 Å². The summed E-state index contributed by atoms with van der Waals surface area (Å²) >= 11 is 0. The van der Waals surface area contributed by atoms with Gasteiger partial charge in [-0.25, -0.2) is 18.5 Å². The molecule has 0 fully saturated rings. The molecule has 0 bridgehead atoms. The summed E-state index contributed by atoms with van der Waals surface area (Å²) in [7, 11) is -3.65. The van der Waals surface area contributed by atoms with Gasteiger partial charge >= 0.3 is 0 Å². The summed E-state index contributed by atoms with van der Waals surface area (Å²) in [6.45, 7) is 10.9. The van der Waals surface area contributed by atoms with E-state index in [9.17, 15) is 8.42 Å². The number of primary sulfonamides is 1. The van der Waals surface area contributed by atoms with E-state index in [2.05, 4.69) is 36.4 Å². The van der Waals surface area contributed by atoms with Crippen LogP contribution >= 0.6 is 0 Å². The second kappa shape index (κ2) is 10.5. The molecule has 0 aliphatic carbocycles. The lowest BCUT2D eigenvalue weighted by molar-refractivity contribution is 0.318.